The topological polar surface area (TPSA) is 80.0 Å². The van der Waals surface area contributed by atoms with E-state index in [2.05, 4.69) is 29.5 Å². The number of carbonyl (C=O) groups excluding carboxylic acids is 1. The number of hydrogen-bond donors (Lipinski definition) is 2. The maximum absolute atomic E-state index is 13.3. The Morgan fingerprint density at radius 2 is 2.22 bits per heavy atom. The van der Waals surface area contributed by atoms with Gasteiger partial charge in [-0.25, -0.2) is 4.39 Å². The van der Waals surface area contributed by atoms with Gasteiger partial charge >= 0.3 is 0 Å². The highest BCUT2D eigenvalue weighted by molar-refractivity contribution is 5.91. The lowest BCUT2D eigenvalue weighted by atomic mass is 10.1. The first-order valence-electron chi connectivity index (χ1n) is 7.56. The van der Waals surface area contributed by atoms with Crippen LogP contribution in [0, 0.1) is 11.7 Å². The minimum absolute atomic E-state index is 0.205. The predicted octanol–water partition coefficient (Wildman–Crippen LogP) is 1.89. The van der Waals surface area contributed by atoms with E-state index in [1.54, 1.807) is 16.9 Å². The van der Waals surface area contributed by atoms with Crippen LogP contribution < -0.4 is 5.32 Å². The summed E-state index contributed by atoms with van der Waals surface area (Å²) in [5.41, 5.74) is 1.16. The number of rotatable bonds is 7. The fourth-order valence-corrected chi connectivity index (χ4v) is 2.03. The molecule has 1 aromatic heterocycles. The number of aliphatic hydroxyl groups is 1. The lowest BCUT2D eigenvalue weighted by Gasteiger charge is -2.06. The summed E-state index contributed by atoms with van der Waals surface area (Å²) in [5.74, 6) is -0.248. The summed E-state index contributed by atoms with van der Waals surface area (Å²) in [5, 5.41) is 19.5. The highest BCUT2D eigenvalue weighted by Crippen LogP contribution is 2.10. The van der Waals surface area contributed by atoms with Crippen molar-refractivity contribution in [3.05, 3.63) is 47.0 Å². The SMILES string of the molecule is CC(C)CCn1cc(C(=O)NCc2ccc(F)c(CO)c2)nn1. The molecule has 0 unspecified atom stereocenters. The van der Waals surface area contributed by atoms with Crippen molar-refractivity contribution in [2.45, 2.75) is 40.0 Å². The van der Waals surface area contributed by atoms with Crippen molar-refractivity contribution in [1.29, 1.82) is 0 Å². The average molecular weight is 320 g/mol. The van der Waals surface area contributed by atoms with Gasteiger partial charge in [0.15, 0.2) is 5.69 Å². The molecule has 0 saturated heterocycles. The molecule has 0 radical (unpaired) electrons. The molecule has 7 heteroatoms. The zero-order chi connectivity index (χ0) is 16.8. The molecule has 2 N–H and O–H groups in total. The van der Waals surface area contributed by atoms with E-state index in [1.807, 2.05) is 0 Å². The van der Waals surface area contributed by atoms with Crippen LogP contribution >= 0.6 is 0 Å². The van der Waals surface area contributed by atoms with Crippen LogP contribution in [0.5, 0.6) is 0 Å². The number of benzene rings is 1. The third kappa shape index (κ3) is 4.85. The fourth-order valence-electron chi connectivity index (χ4n) is 2.03. The van der Waals surface area contributed by atoms with Crippen LogP contribution in [0.2, 0.25) is 0 Å². The minimum Gasteiger partial charge on any atom is -0.392 e. The Bertz CT molecular complexity index is 670. The van der Waals surface area contributed by atoms with Gasteiger partial charge in [0.1, 0.15) is 5.82 Å². The maximum Gasteiger partial charge on any atom is 0.273 e. The van der Waals surface area contributed by atoms with Crippen molar-refractivity contribution in [3.63, 3.8) is 0 Å². The quantitative estimate of drug-likeness (QED) is 0.816. The van der Waals surface area contributed by atoms with Crippen molar-refractivity contribution in [2.75, 3.05) is 0 Å². The Balaban J connectivity index is 1.92. The Morgan fingerprint density at radius 3 is 2.91 bits per heavy atom. The Kier molecular flexibility index (Phi) is 5.81. The number of aryl methyl sites for hydroxylation is 1. The van der Waals surface area contributed by atoms with E-state index in [0.29, 0.717) is 11.5 Å². The number of amides is 1. The van der Waals surface area contributed by atoms with E-state index in [-0.39, 0.29) is 30.3 Å². The van der Waals surface area contributed by atoms with Crippen LogP contribution in [0.25, 0.3) is 0 Å². The summed E-state index contributed by atoms with van der Waals surface area (Å²) < 4.78 is 14.9. The van der Waals surface area contributed by atoms with Gasteiger partial charge in [-0.05, 0) is 30.0 Å². The van der Waals surface area contributed by atoms with Crippen LogP contribution in [0.3, 0.4) is 0 Å². The van der Waals surface area contributed by atoms with Gasteiger partial charge in [-0.3, -0.25) is 9.48 Å². The van der Waals surface area contributed by atoms with Crippen molar-refractivity contribution in [1.82, 2.24) is 20.3 Å². The van der Waals surface area contributed by atoms with Crippen molar-refractivity contribution >= 4 is 5.91 Å². The molecule has 124 valence electrons. The number of carbonyl (C=O) groups is 1. The third-order valence-electron chi connectivity index (χ3n) is 3.44. The lowest BCUT2D eigenvalue weighted by molar-refractivity contribution is 0.0946. The number of nitrogens with one attached hydrogen (secondary N) is 1. The van der Waals surface area contributed by atoms with Gasteiger partial charge in [0.25, 0.3) is 5.91 Å². The Hall–Kier alpha value is -2.28. The molecule has 2 aromatic rings. The molecule has 0 spiro atoms. The van der Waals surface area contributed by atoms with E-state index in [0.717, 1.165) is 13.0 Å². The zero-order valence-corrected chi connectivity index (χ0v) is 13.3. The van der Waals surface area contributed by atoms with E-state index in [4.69, 9.17) is 5.11 Å². The van der Waals surface area contributed by atoms with Crippen molar-refractivity contribution < 1.29 is 14.3 Å². The number of hydrogen-bond acceptors (Lipinski definition) is 4. The molecule has 0 aliphatic rings. The molecule has 1 heterocycles. The van der Waals surface area contributed by atoms with Crippen LogP contribution in [0.15, 0.2) is 24.4 Å². The van der Waals surface area contributed by atoms with E-state index in [9.17, 15) is 9.18 Å². The van der Waals surface area contributed by atoms with E-state index >= 15 is 0 Å². The fraction of sp³-hybridized carbons (Fsp3) is 0.438. The molecule has 0 bridgehead atoms. The second kappa shape index (κ2) is 7.82. The van der Waals surface area contributed by atoms with Crippen LogP contribution in [-0.4, -0.2) is 26.0 Å². The largest absolute Gasteiger partial charge is 0.392 e. The first-order valence-corrected chi connectivity index (χ1v) is 7.56. The summed E-state index contributed by atoms with van der Waals surface area (Å²) >= 11 is 0. The zero-order valence-electron chi connectivity index (χ0n) is 13.3. The number of nitrogens with zero attached hydrogens (tertiary/aromatic N) is 3. The standard InChI is InChI=1S/C16H21FN4O2/c1-11(2)5-6-21-9-15(19-20-21)16(23)18-8-12-3-4-14(17)13(7-12)10-22/h3-4,7,9,11,22H,5-6,8,10H2,1-2H3,(H,18,23). The molecule has 0 fully saturated rings. The third-order valence-corrected chi connectivity index (χ3v) is 3.44. The van der Waals surface area contributed by atoms with Crippen molar-refractivity contribution in [2.24, 2.45) is 5.92 Å². The second-order valence-electron chi connectivity index (χ2n) is 5.82. The Labute approximate surface area is 134 Å². The van der Waals surface area contributed by atoms with Crippen LogP contribution in [-0.2, 0) is 19.7 Å². The number of aliphatic hydroxyl groups excluding tert-OH is 1. The summed E-state index contributed by atoms with van der Waals surface area (Å²) in [6.45, 7) is 4.81. The van der Waals surface area contributed by atoms with Crippen molar-refractivity contribution in [3.8, 4) is 0 Å². The molecule has 0 aliphatic carbocycles. The van der Waals surface area contributed by atoms with Crippen LogP contribution in [0.4, 0.5) is 4.39 Å². The smallest absolute Gasteiger partial charge is 0.273 e. The molecular weight excluding hydrogens is 299 g/mol. The molecule has 1 amide bonds. The highest BCUT2D eigenvalue weighted by Gasteiger charge is 2.11. The molecule has 0 aliphatic heterocycles. The first kappa shape index (κ1) is 17.1. The molecule has 23 heavy (non-hydrogen) atoms. The minimum atomic E-state index is -0.462. The van der Waals surface area contributed by atoms with Gasteiger partial charge in [0.05, 0.1) is 12.8 Å². The number of halogens is 1. The summed E-state index contributed by atoms with van der Waals surface area (Å²) in [6.07, 6.45) is 2.57. The Morgan fingerprint density at radius 1 is 1.43 bits per heavy atom. The molecule has 2 rings (SSSR count). The first-order chi connectivity index (χ1) is 11.0. The number of aromatic nitrogens is 3. The molecule has 1 aromatic carbocycles. The lowest BCUT2D eigenvalue weighted by Crippen LogP contribution is -2.23. The van der Waals surface area contributed by atoms with Gasteiger partial charge in [0.2, 0.25) is 0 Å². The highest BCUT2D eigenvalue weighted by atomic mass is 19.1. The van der Waals surface area contributed by atoms with E-state index in [1.165, 1.54) is 12.1 Å². The summed E-state index contributed by atoms with van der Waals surface area (Å²) in [6, 6.07) is 4.36. The molecule has 0 saturated carbocycles. The van der Waals surface area contributed by atoms with Gasteiger partial charge in [-0.15, -0.1) is 5.10 Å². The summed E-state index contributed by atoms with van der Waals surface area (Å²) in [4.78, 5) is 12.0. The van der Waals surface area contributed by atoms with Crippen LogP contribution in [0.1, 0.15) is 41.9 Å². The second-order valence-corrected chi connectivity index (χ2v) is 5.82. The normalized spacial score (nSPS) is 11.0. The molecule has 6 nitrogen and oxygen atoms in total. The van der Waals surface area contributed by atoms with Gasteiger partial charge in [0, 0.05) is 18.7 Å². The van der Waals surface area contributed by atoms with Gasteiger partial charge in [-0.1, -0.05) is 25.1 Å². The monoisotopic (exact) mass is 320 g/mol. The maximum atomic E-state index is 13.3. The summed E-state index contributed by atoms with van der Waals surface area (Å²) in [7, 11) is 0. The molecular formula is C16H21FN4O2. The van der Waals surface area contributed by atoms with Gasteiger partial charge in [-0.2, -0.15) is 0 Å². The molecule has 0 atom stereocenters. The average Bonchev–Trinajstić information content (AvgIpc) is 3.01. The predicted molar refractivity (Wildman–Crippen MR) is 83.0 cm³/mol. The van der Waals surface area contributed by atoms with Gasteiger partial charge < -0.3 is 10.4 Å². The van der Waals surface area contributed by atoms with E-state index < -0.39 is 5.82 Å².